The molecular formula is C12H17N3O3. The number of rotatable bonds is 3. The Morgan fingerprint density at radius 1 is 1.61 bits per heavy atom. The Balaban J connectivity index is 2.30. The van der Waals surface area contributed by atoms with E-state index in [-0.39, 0.29) is 17.3 Å². The minimum atomic E-state index is -0.444. The van der Waals surface area contributed by atoms with Crippen molar-refractivity contribution < 1.29 is 10.0 Å². The van der Waals surface area contributed by atoms with Crippen molar-refractivity contribution in [3.05, 3.63) is 28.3 Å². The molecule has 6 nitrogen and oxygen atoms in total. The minimum absolute atomic E-state index is 0.0382. The van der Waals surface area contributed by atoms with Crippen molar-refractivity contribution in [1.82, 2.24) is 0 Å². The summed E-state index contributed by atoms with van der Waals surface area (Å²) >= 11 is 0. The molecule has 0 aliphatic carbocycles. The maximum absolute atomic E-state index is 11.1. The first-order chi connectivity index (χ1) is 8.50. The highest BCUT2D eigenvalue weighted by molar-refractivity contribution is 5.75. The molecule has 2 atom stereocenters. The molecule has 1 aromatic carbocycles. The summed E-state index contributed by atoms with van der Waals surface area (Å²) in [5.74, 6) is 0.158. The first kappa shape index (κ1) is 12.6. The fraction of sp³-hybridized carbons (Fsp3) is 0.500. The average Bonchev–Trinajstić information content (AvgIpc) is 2.77. The van der Waals surface area contributed by atoms with Crippen LogP contribution in [-0.2, 0) is 0 Å². The van der Waals surface area contributed by atoms with Gasteiger partial charge in [-0.05, 0) is 25.5 Å². The Hall–Kier alpha value is -1.82. The van der Waals surface area contributed by atoms with Crippen LogP contribution in [0.4, 0.5) is 17.1 Å². The predicted octanol–water partition coefficient (Wildman–Crippen LogP) is 1.38. The van der Waals surface area contributed by atoms with Crippen LogP contribution >= 0.6 is 0 Å². The number of nitrogens with two attached hydrogens (primary N) is 1. The molecule has 98 valence electrons. The second kappa shape index (κ2) is 4.81. The summed E-state index contributed by atoms with van der Waals surface area (Å²) in [6.07, 6.45) is 0.444. The molecule has 0 amide bonds. The van der Waals surface area contributed by atoms with Crippen LogP contribution in [0.3, 0.4) is 0 Å². The van der Waals surface area contributed by atoms with Crippen molar-refractivity contribution in [2.45, 2.75) is 19.4 Å². The number of nitro benzene ring substituents is 1. The highest BCUT2D eigenvalue weighted by atomic mass is 16.6. The van der Waals surface area contributed by atoms with Gasteiger partial charge in [-0.3, -0.25) is 10.1 Å². The van der Waals surface area contributed by atoms with Gasteiger partial charge in [-0.2, -0.15) is 0 Å². The zero-order valence-electron chi connectivity index (χ0n) is 10.2. The quantitative estimate of drug-likeness (QED) is 0.481. The zero-order chi connectivity index (χ0) is 13.3. The summed E-state index contributed by atoms with van der Waals surface area (Å²) in [7, 11) is 0. The fourth-order valence-corrected chi connectivity index (χ4v) is 2.40. The van der Waals surface area contributed by atoms with E-state index in [1.807, 2.05) is 4.90 Å². The van der Waals surface area contributed by atoms with Gasteiger partial charge in [-0.1, -0.05) is 6.07 Å². The van der Waals surface area contributed by atoms with Crippen LogP contribution < -0.4 is 10.6 Å². The highest BCUT2D eigenvalue weighted by Gasteiger charge is 2.30. The molecule has 1 heterocycles. The fourth-order valence-electron chi connectivity index (χ4n) is 2.40. The second-order valence-electron chi connectivity index (χ2n) is 4.71. The molecule has 1 aliphatic heterocycles. The van der Waals surface area contributed by atoms with Crippen LogP contribution in [0, 0.1) is 16.0 Å². The highest BCUT2D eigenvalue weighted by Crippen LogP contribution is 2.36. The first-order valence-corrected chi connectivity index (χ1v) is 5.96. The standard InChI is InChI=1S/C12H17N3O3/c1-8(16)9-5-6-14(7-9)11-4-2-3-10(13)12(11)15(17)18/h2-4,8-9,16H,5-7,13H2,1H3. The smallest absolute Gasteiger partial charge is 0.315 e. The summed E-state index contributed by atoms with van der Waals surface area (Å²) in [5.41, 5.74) is 6.35. The molecule has 18 heavy (non-hydrogen) atoms. The lowest BCUT2D eigenvalue weighted by atomic mass is 10.0. The van der Waals surface area contributed by atoms with Crippen molar-refractivity contribution in [2.24, 2.45) is 5.92 Å². The monoisotopic (exact) mass is 251 g/mol. The van der Waals surface area contributed by atoms with E-state index in [1.54, 1.807) is 19.1 Å². The average molecular weight is 251 g/mol. The van der Waals surface area contributed by atoms with Gasteiger partial charge in [0.25, 0.3) is 0 Å². The SMILES string of the molecule is CC(O)C1CCN(c2cccc(N)c2[N+](=O)[O-])C1. The van der Waals surface area contributed by atoms with Gasteiger partial charge in [-0.25, -0.2) is 0 Å². The minimum Gasteiger partial charge on any atom is -0.393 e. The molecule has 0 bridgehead atoms. The molecule has 0 aromatic heterocycles. The van der Waals surface area contributed by atoms with Crippen LogP contribution in [0.2, 0.25) is 0 Å². The van der Waals surface area contributed by atoms with Crippen molar-refractivity contribution in [2.75, 3.05) is 23.7 Å². The normalized spacial score (nSPS) is 21.0. The van der Waals surface area contributed by atoms with Gasteiger partial charge in [0, 0.05) is 19.0 Å². The Bertz CT molecular complexity index is 462. The van der Waals surface area contributed by atoms with Crippen LogP contribution in [-0.4, -0.2) is 29.2 Å². The summed E-state index contributed by atoms with van der Waals surface area (Å²) in [6.45, 7) is 3.09. The van der Waals surface area contributed by atoms with Crippen LogP contribution in [0.15, 0.2) is 18.2 Å². The molecule has 1 saturated heterocycles. The maximum atomic E-state index is 11.1. The van der Waals surface area contributed by atoms with Gasteiger partial charge in [0.2, 0.25) is 0 Å². The lowest BCUT2D eigenvalue weighted by Crippen LogP contribution is -2.24. The summed E-state index contributed by atoms with van der Waals surface area (Å²) in [6, 6.07) is 4.95. The van der Waals surface area contributed by atoms with Crippen LogP contribution in [0.1, 0.15) is 13.3 Å². The van der Waals surface area contributed by atoms with E-state index in [9.17, 15) is 15.2 Å². The van der Waals surface area contributed by atoms with Gasteiger partial charge in [0.15, 0.2) is 0 Å². The van der Waals surface area contributed by atoms with E-state index >= 15 is 0 Å². The number of nitrogen functional groups attached to an aromatic ring is 1. The Kier molecular flexibility index (Phi) is 3.38. The molecule has 0 saturated carbocycles. The number of nitro groups is 1. The van der Waals surface area contributed by atoms with E-state index in [4.69, 9.17) is 5.73 Å². The molecular weight excluding hydrogens is 234 g/mol. The number of para-hydroxylation sites is 1. The number of hydrogen-bond acceptors (Lipinski definition) is 5. The summed E-state index contributed by atoms with van der Waals surface area (Å²) < 4.78 is 0. The van der Waals surface area contributed by atoms with Gasteiger partial charge in [0.05, 0.1) is 11.0 Å². The van der Waals surface area contributed by atoms with E-state index in [0.29, 0.717) is 18.8 Å². The van der Waals surface area contributed by atoms with Crippen LogP contribution in [0.5, 0.6) is 0 Å². The number of anilines is 2. The molecule has 0 spiro atoms. The van der Waals surface area contributed by atoms with Crippen molar-refractivity contribution >= 4 is 17.1 Å². The molecule has 2 rings (SSSR count). The third kappa shape index (κ3) is 2.24. The van der Waals surface area contributed by atoms with Crippen molar-refractivity contribution in [3.8, 4) is 0 Å². The topological polar surface area (TPSA) is 92.6 Å². The number of nitrogens with zero attached hydrogens (tertiary/aromatic N) is 2. The van der Waals surface area contributed by atoms with Gasteiger partial charge in [-0.15, -0.1) is 0 Å². The van der Waals surface area contributed by atoms with Gasteiger partial charge in [0.1, 0.15) is 11.4 Å². The lowest BCUT2D eigenvalue weighted by molar-refractivity contribution is -0.383. The largest absolute Gasteiger partial charge is 0.393 e. The summed E-state index contributed by atoms with van der Waals surface area (Å²) in [5, 5.41) is 20.6. The molecule has 6 heteroatoms. The Labute approximate surface area is 105 Å². The molecule has 3 N–H and O–H groups in total. The summed E-state index contributed by atoms with van der Waals surface area (Å²) in [4.78, 5) is 12.5. The van der Waals surface area contributed by atoms with E-state index in [1.165, 1.54) is 6.07 Å². The number of aliphatic hydroxyl groups is 1. The van der Waals surface area contributed by atoms with Gasteiger partial charge < -0.3 is 15.7 Å². The Morgan fingerprint density at radius 2 is 2.33 bits per heavy atom. The van der Waals surface area contributed by atoms with Crippen molar-refractivity contribution in [1.29, 1.82) is 0 Å². The maximum Gasteiger partial charge on any atom is 0.315 e. The Morgan fingerprint density at radius 3 is 2.89 bits per heavy atom. The molecule has 1 aliphatic rings. The molecule has 2 unspecified atom stereocenters. The predicted molar refractivity (Wildman–Crippen MR) is 69.5 cm³/mol. The zero-order valence-corrected chi connectivity index (χ0v) is 10.2. The second-order valence-corrected chi connectivity index (χ2v) is 4.71. The third-order valence-electron chi connectivity index (χ3n) is 3.48. The van der Waals surface area contributed by atoms with Crippen LogP contribution in [0.25, 0.3) is 0 Å². The van der Waals surface area contributed by atoms with E-state index in [0.717, 1.165) is 6.42 Å². The number of benzene rings is 1. The first-order valence-electron chi connectivity index (χ1n) is 5.96. The lowest BCUT2D eigenvalue weighted by Gasteiger charge is -2.20. The number of hydrogen-bond donors (Lipinski definition) is 2. The molecule has 1 aromatic rings. The van der Waals surface area contributed by atoms with E-state index < -0.39 is 11.0 Å². The van der Waals surface area contributed by atoms with Gasteiger partial charge >= 0.3 is 5.69 Å². The van der Waals surface area contributed by atoms with E-state index in [2.05, 4.69) is 0 Å². The molecule has 1 fully saturated rings. The number of aliphatic hydroxyl groups excluding tert-OH is 1. The molecule has 0 radical (unpaired) electrons. The van der Waals surface area contributed by atoms with Crippen molar-refractivity contribution in [3.63, 3.8) is 0 Å². The third-order valence-corrected chi connectivity index (χ3v) is 3.48.